The number of aryl methyl sites for hydroxylation is 1. The van der Waals surface area contributed by atoms with E-state index in [1.54, 1.807) is 13.0 Å². The van der Waals surface area contributed by atoms with Crippen molar-refractivity contribution in [2.45, 2.75) is 19.7 Å². The number of hydrogen-bond donors (Lipinski definition) is 0. The predicted molar refractivity (Wildman–Crippen MR) is 51.6 cm³/mol. The van der Waals surface area contributed by atoms with E-state index < -0.39 is 11.7 Å². The predicted octanol–water partition coefficient (Wildman–Crippen LogP) is 2.66. The molecule has 0 atom stereocenters. The smallest absolute Gasteiger partial charge is 0.386 e. The topological polar surface area (TPSA) is 9.23 Å². The molecule has 80 valence electrons. The minimum Gasteiger partial charge on any atom is -0.386 e. The Morgan fingerprint density at radius 1 is 1.27 bits per heavy atom. The van der Waals surface area contributed by atoms with Crippen LogP contribution in [0.2, 0.25) is 0 Å². The fraction of sp³-hybridized carbons (Fsp3) is 0.400. The van der Waals surface area contributed by atoms with Gasteiger partial charge in [0.2, 0.25) is 0 Å². The van der Waals surface area contributed by atoms with Gasteiger partial charge < -0.3 is 4.74 Å². The molecule has 0 amide bonds. The molecule has 0 aliphatic rings. The van der Waals surface area contributed by atoms with E-state index in [-0.39, 0.29) is 13.1 Å². The molecule has 0 aliphatic heterocycles. The van der Waals surface area contributed by atoms with Gasteiger partial charge in [-0.3, -0.25) is 0 Å². The summed E-state index contributed by atoms with van der Waals surface area (Å²) in [5.41, 5.74) is 0.381. The molecule has 5 heteroatoms. The lowest BCUT2D eigenvalue weighted by Gasteiger charge is -2.10. The van der Waals surface area contributed by atoms with E-state index in [2.05, 4.69) is 0 Å². The number of benzene rings is 1. The molecule has 0 saturated carbocycles. The van der Waals surface area contributed by atoms with Crippen LogP contribution in [0.25, 0.3) is 0 Å². The number of hydrogen-bond acceptors (Lipinski definition) is 1. The molecular weight excluding hydrogens is 204 g/mol. The van der Waals surface area contributed by atoms with Crippen molar-refractivity contribution in [1.29, 1.82) is 0 Å². The van der Waals surface area contributed by atoms with E-state index in [1.807, 2.05) is 0 Å². The van der Waals surface area contributed by atoms with Crippen molar-refractivity contribution < 1.29 is 17.9 Å². The summed E-state index contributed by atoms with van der Waals surface area (Å²) in [6, 6.07) is 3.82. The van der Waals surface area contributed by atoms with Crippen molar-refractivity contribution in [2.24, 2.45) is 0 Å². The molecule has 1 aromatic rings. The van der Waals surface area contributed by atoms with E-state index in [0.29, 0.717) is 11.1 Å². The Morgan fingerprint density at radius 2 is 1.93 bits per heavy atom. The Hall–Kier alpha value is -0.965. The minimum absolute atomic E-state index is 0.00467. The average Bonchev–Trinajstić information content (AvgIpc) is 2.12. The molecule has 0 heterocycles. The van der Waals surface area contributed by atoms with Gasteiger partial charge in [-0.05, 0) is 24.6 Å². The summed E-state index contributed by atoms with van der Waals surface area (Å²) in [5.74, 6) is 0. The number of alkyl halides is 3. The third-order valence-electron chi connectivity index (χ3n) is 1.85. The van der Waals surface area contributed by atoms with Gasteiger partial charge in [-0.1, -0.05) is 11.6 Å². The molecule has 0 N–H and O–H groups in total. The van der Waals surface area contributed by atoms with Crippen LogP contribution in [0.3, 0.4) is 0 Å². The largest absolute Gasteiger partial charge is 0.416 e. The van der Waals surface area contributed by atoms with Gasteiger partial charge in [0.15, 0.2) is 0 Å². The van der Waals surface area contributed by atoms with E-state index in [0.717, 1.165) is 12.1 Å². The Bertz CT molecular complexity index is 336. The Labute approximate surface area is 87.7 Å². The summed E-state index contributed by atoms with van der Waals surface area (Å²) in [6.45, 7) is 1.71. The highest BCUT2D eigenvalue weighted by atomic mass is 19.4. The van der Waals surface area contributed by atoms with Crippen LogP contribution in [-0.2, 0) is 17.5 Å². The maximum Gasteiger partial charge on any atom is 0.416 e. The van der Waals surface area contributed by atoms with Crippen molar-refractivity contribution in [3.63, 3.8) is 0 Å². The fourth-order valence-electron chi connectivity index (χ4n) is 1.29. The average molecular weight is 214 g/mol. The number of rotatable bonds is 3. The van der Waals surface area contributed by atoms with Gasteiger partial charge in [-0.2, -0.15) is 13.2 Å². The lowest BCUT2D eigenvalue weighted by molar-refractivity contribution is -0.137. The zero-order chi connectivity index (χ0) is 11.5. The van der Waals surface area contributed by atoms with Gasteiger partial charge in [-0.25, -0.2) is 0 Å². The third-order valence-corrected chi connectivity index (χ3v) is 1.85. The molecular formula is C10H10BF3O. The molecule has 0 aromatic heterocycles. The summed E-state index contributed by atoms with van der Waals surface area (Å²) in [4.78, 5) is 0. The summed E-state index contributed by atoms with van der Waals surface area (Å²) in [5, 5.41) is 0. The van der Waals surface area contributed by atoms with Crippen LogP contribution in [0, 0.1) is 6.92 Å². The molecule has 0 unspecified atom stereocenters. The second kappa shape index (κ2) is 4.70. The first-order valence-electron chi connectivity index (χ1n) is 4.39. The van der Waals surface area contributed by atoms with Crippen LogP contribution >= 0.6 is 0 Å². The minimum atomic E-state index is -4.32. The Balaban J connectivity index is 2.95. The van der Waals surface area contributed by atoms with Crippen LogP contribution in [0.1, 0.15) is 16.7 Å². The first kappa shape index (κ1) is 12.1. The van der Waals surface area contributed by atoms with Crippen LogP contribution in [0.4, 0.5) is 13.2 Å². The molecule has 0 spiro atoms. The van der Waals surface area contributed by atoms with Gasteiger partial charge >= 0.3 is 6.18 Å². The van der Waals surface area contributed by atoms with Crippen molar-refractivity contribution in [3.8, 4) is 0 Å². The Morgan fingerprint density at radius 3 is 2.47 bits per heavy atom. The Kier molecular flexibility index (Phi) is 3.80. The number of ether oxygens (including phenoxy) is 1. The fourth-order valence-corrected chi connectivity index (χ4v) is 1.29. The van der Waals surface area contributed by atoms with Gasteiger partial charge in [0.05, 0.1) is 12.2 Å². The maximum absolute atomic E-state index is 12.4. The van der Waals surface area contributed by atoms with E-state index in [1.165, 1.54) is 0 Å². The lowest BCUT2D eigenvalue weighted by Crippen LogP contribution is -2.06. The van der Waals surface area contributed by atoms with Gasteiger partial charge in [0, 0.05) is 6.51 Å². The second-order valence-corrected chi connectivity index (χ2v) is 3.22. The lowest BCUT2D eigenvalue weighted by atomic mass is 10.1. The first-order chi connectivity index (χ1) is 6.93. The zero-order valence-electron chi connectivity index (χ0n) is 8.27. The van der Waals surface area contributed by atoms with E-state index in [9.17, 15) is 13.2 Å². The monoisotopic (exact) mass is 214 g/mol. The van der Waals surface area contributed by atoms with E-state index in [4.69, 9.17) is 12.6 Å². The highest BCUT2D eigenvalue weighted by molar-refractivity contribution is 6.08. The molecule has 1 aromatic carbocycles. The standard InChI is InChI=1S/C10H10BF3O/c1-7-2-8(5-15-6-11)4-9(3-7)10(12,13)14/h2-4H,5-6H2,1H3. The van der Waals surface area contributed by atoms with Crippen LogP contribution in [0.5, 0.6) is 0 Å². The highest BCUT2D eigenvalue weighted by Gasteiger charge is 2.30. The van der Waals surface area contributed by atoms with Gasteiger partial charge in [0.25, 0.3) is 0 Å². The molecule has 0 bridgehead atoms. The number of halogens is 3. The second-order valence-electron chi connectivity index (χ2n) is 3.22. The summed E-state index contributed by atoms with van der Waals surface area (Å²) < 4.78 is 42.1. The zero-order valence-corrected chi connectivity index (χ0v) is 8.27. The quantitative estimate of drug-likeness (QED) is 0.702. The third kappa shape index (κ3) is 3.59. The molecule has 1 rings (SSSR count). The van der Waals surface area contributed by atoms with Crippen molar-refractivity contribution in [1.82, 2.24) is 0 Å². The molecule has 0 fully saturated rings. The van der Waals surface area contributed by atoms with Crippen molar-refractivity contribution in [3.05, 3.63) is 34.9 Å². The molecule has 2 radical (unpaired) electrons. The van der Waals surface area contributed by atoms with Gasteiger partial charge in [0.1, 0.15) is 7.85 Å². The van der Waals surface area contributed by atoms with Gasteiger partial charge in [-0.15, -0.1) is 0 Å². The summed E-state index contributed by atoms with van der Waals surface area (Å²) >= 11 is 0. The normalized spacial score (nSPS) is 11.7. The van der Waals surface area contributed by atoms with E-state index >= 15 is 0 Å². The molecule has 1 nitrogen and oxygen atoms in total. The highest BCUT2D eigenvalue weighted by Crippen LogP contribution is 2.30. The first-order valence-corrected chi connectivity index (χ1v) is 4.39. The molecule has 0 aliphatic carbocycles. The van der Waals surface area contributed by atoms with Crippen LogP contribution in [0.15, 0.2) is 18.2 Å². The summed E-state index contributed by atoms with van der Waals surface area (Å²) in [6.07, 6.45) is -4.32. The molecule has 15 heavy (non-hydrogen) atoms. The maximum atomic E-state index is 12.4. The van der Waals surface area contributed by atoms with Crippen molar-refractivity contribution >= 4 is 7.85 Å². The molecule has 0 saturated heterocycles. The SMILES string of the molecule is [B]COCc1cc(C)cc(C(F)(F)F)c1. The van der Waals surface area contributed by atoms with Crippen LogP contribution < -0.4 is 0 Å². The van der Waals surface area contributed by atoms with Crippen molar-refractivity contribution in [2.75, 3.05) is 6.51 Å². The van der Waals surface area contributed by atoms with Crippen LogP contribution in [-0.4, -0.2) is 14.4 Å². The summed E-state index contributed by atoms with van der Waals surface area (Å²) in [7, 11) is 5.09.